The van der Waals surface area contributed by atoms with Crippen LogP contribution in [0.25, 0.3) is 0 Å². The minimum atomic E-state index is -0.273. The molecule has 2 aromatic rings. The van der Waals surface area contributed by atoms with Gasteiger partial charge in [0.15, 0.2) is 0 Å². The molecule has 7 nitrogen and oxygen atoms in total. The van der Waals surface area contributed by atoms with Crippen molar-refractivity contribution < 1.29 is 14.3 Å². The van der Waals surface area contributed by atoms with Crippen LogP contribution in [0.3, 0.4) is 0 Å². The molecule has 3 heterocycles. The molecule has 0 spiro atoms. The number of pyridine rings is 1. The number of amides is 1. The van der Waals surface area contributed by atoms with Gasteiger partial charge in [0.2, 0.25) is 5.88 Å². The van der Waals surface area contributed by atoms with Crippen molar-refractivity contribution in [1.82, 2.24) is 20.1 Å². The van der Waals surface area contributed by atoms with Crippen LogP contribution in [0.1, 0.15) is 49.3 Å². The van der Waals surface area contributed by atoms with Crippen LogP contribution in [0.4, 0.5) is 0 Å². The first-order chi connectivity index (χ1) is 12.6. The van der Waals surface area contributed by atoms with Gasteiger partial charge in [0.05, 0.1) is 18.3 Å². The molecule has 26 heavy (non-hydrogen) atoms. The van der Waals surface area contributed by atoms with Gasteiger partial charge in [-0.15, -0.1) is 0 Å². The number of carbonyl (C=O) groups excluding carboxylic acids is 1. The lowest BCUT2D eigenvalue weighted by atomic mass is 10.1. The Hall–Kier alpha value is -2.41. The smallest absolute Gasteiger partial charge is 0.269 e. The van der Waals surface area contributed by atoms with E-state index in [-0.39, 0.29) is 24.0 Å². The molecule has 1 N–H and O–H groups in total. The van der Waals surface area contributed by atoms with Crippen molar-refractivity contribution in [3.63, 3.8) is 0 Å². The fourth-order valence-electron chi connectivity index (χ4n) is 2.95. The van der Waals surface area contributed by atoms with Crippen molar-refractivity contribution in [3.8, 4) is 5.88 Å². The molecule has 0 radical (unpaired) electrons. The highest BCUT2D eigenvalue weighted by atomic mass is 16.5. The van der Waals surface area contributed by atoms with Gasteiger partial charge in [-0.1, -0.05) is 19.9 Å². The maximum atomic E-state index is 12.8. The van der Waals surface area contributed by atoms with E-state index in [0.717, 1.165) is 5.69 Å². The summed E-state index contributed by atoms with van der Waals surface area (Å²) in [6, 6.07) is 7.24. The van der Waals surface area contributed by atoms with Crippen molar-refractivity contribution in [2.24, 2.45) is 0 Å². The Morgan fingerprint density at radius 2 is 2.31 bits per heavy atom. The largest absolute Gasteiger partial charge is 0.470 e. The third-order valence-electron chi connectivity index (χ3n) is 4.45. The van der Waals surface area contributed by atoms with E-state index in [1.807, 2.05) is 25.1 Å². The Balaban J connectivity index is 1.72. The highest BCUT2D eigenvalue weighted by molar-refractivity contribution is 5.93. The summed E-state index contributed by atoms with van der Waals surface area (Å²) >= 11 is 0. The van der Waals surface area contributed by atoms with E-state index in [1.54, 1.807) is 16.9 Å². The zero-order valence-electron chi connectivity index (χ0n) is 15.5. The van der Waals surface area contributed by atoms with Gasteiger partial charge < -0.3 is 14.8 Å². The van der Waals surface area contributed by atoms with E-state index in [2.05, 4.69) is 29.2 Å². The van der Waals surface area contributed by atoms with Crippen LogP contribution in [-0.4, -0.2) is 46.0 Å². The predicted molar refractivity (Wildman–Crippen MR) is 97.3 cm³/mol. The first-order valence-corrected chi connectivity index (χ1v) is 9.12. The molecule has 3 rings (SSSR count). The minimum absolute atomic E-state index is 0.132. The number of carbonyl (C=O) groups is 1. The van der Waals surface area contributed by atoms with Gasteiger partial charge in [0.25, 0.3) is 5.91 Å². The van der Waals surface area contributed by atoms with Crippen LogP contribution in [-0.2, 0) is 11.3 Å². The quantitative estimate of drug-likeness (QED) is 0.858. The molecule has 0 saturated carbocycles. The average molecular weight is 358 g/mol. The minimum Gasteiger partial charge on any atom is -0.470 e. The molecular formula is C19H26N4O3. The van der Waals surface area contributed by atoms with E-state index in [1.165, 1.54) is 0 Å². The van der Waals surface area contributed by atoms with E-state index in [9.17, 15) is 4.79 Å². The van der Waals surface area contributed by atoms with E-state index in [0.29, 0.717) is 37.8 Å². The summed E-state index contributed by atoms with van der Waals surface area (Å²) in [5.74, 6) is 0.674. The van der Waals surface area contributed by atoms with Crippen LogP contribution in [0.15, 0.2) is 30.5 Å². The number of hydrogen-bond donors (Lipinski definition) is 1. The molecule has 7 heteroatoms. The monoisotopic (exact) mass is 358 g/mol. The van der Waals surface area contributed by atoms with Crippen LogP contribution in [0.5, 0.6) is 5.88 Å². The van der Waals surface area contributed by atoms with Gasteiger partial charge >= 0.3 is 0 Å². The first-order valence-electron chi connectivity index (χ1n) is 9.12. The molecule has 1 fully saturated rings. The topological polar surface area (TPSA) is 78.3 Å². The van der Waals surface area contributed by atoms with E-state index in [4.69, 9.17) is 9.47 Å². The lowest BCUT2D eigenvalue weighted by Crippen LogP contribution is -2.51. The summed E-state index contributed by atoms with van der Waals surface area (Å²) < 4.78 is 13.2. The summed E-state index contributed by atoms with van der Waals surface area (Å²) in [4.78, 5) is 17.0. The zero-order chi connectivity index (χ0) is 18.5. The van der Waals surface area contributed by atoms with Crippen molar-refractivity contribution >= 4 is 5.91 Å². The number of nitrogens with zero attached hydrogens (tertiary/aromatic N) is 3. The van der Waals surface area contributed by atoms with Gasteiger partial charge in [-0.3, -0.25) is 9.48 Å². The number of ether oxygens (including phenoxy) is 2. The molecule has 0 unspecified atom stereocenters. The van der Waals surface area contributed by atoms with Crippen molar-refractivity contribution in [1.29, 1.82) is 0 Å². The van der Waals surface area contributed by atoms with Crippen LogP contribution in [0, 0.1) is 0 Å². The molecule has 140 valence electrons. The second kappa shape index (κ2) is 8.31. The van der Waals surface area contributed by atoms with Crippen molar-refractivity contribution in [3.05, 3.63) is 41.9 Å². The molecule has 1 saturated heterocycles. The lowest BCUT2D eigenvalue weighted by molar-refractivity contribution is -0.0153. The molecule has 0 bridgehead atoms. The van der Waals surface area contributed by atoms with Gasteiger partial charge in [0.1, 0.15) is 11.8 Å². The lowest BCUT2D eigenvalue weighted by Gasteiger charge is -2.32. The number of nitrogens with one attached hydrogen (secondary N) is 1. The van der Waals surface area contributed by atoms with Crippen molar-refractivity contribution in [2.75, 3.05) is 13.2 Å². The van der Waals surface area contributed by atoms with E-state index < -0.39 is 0 Å². The maximum Gasteiger partial charge on any atom is 0.269 e. The van der Waals surface area contributed by atoms with Crippen LogP contribution >= 0.6 is 0 Å². The molecule has 1 amide bonds. The Bertz CT molecular complexity index is 730. The summed E-state index contributed by atoms with van der Waals surface area (Å²) in [5, 5.41) is 7.62. The standard InChI is InChI=1S/C19H26N4O3/c1-4-23-16(11-15(22-23)13(2)3)19(24)21-14-8-10-25-12-17(14)26-18-7-5-6-9-20-18/h5-7,9,11,13-14,17H,4,8,10,12H2,1-3H3,(H,21,24)/t14-,17-/m1/s1. The van der Waals surface area contributed by atoms with Gasteiger partial charge in [-0.25, -0.2) is 4.98 Å². The Labute approximate surface area is 153 Å². The number of aryl methyl sites for hydroxylation is 1. The molecule has 1 aliphatic heterocycles. The van der Waals surface area contributed by atoms with Crippen LogP contribution < -0.4 is 10.1 Å². The number of rotatable bonds is 6. The summed E-state index contributed by atoms with van der Waals surface area (Å²) in [6.45, 7) is 7.79. The third-order valence-corrected chi connectivity index (χ3v) is 4.45. The second-order valence-corrected chi connectivity index (χ2v) is 6.69. The van der Waals surface area contributed by atoms with Gasteiger partial charge in [0, 0.05) is 25.4 Å². The normalized spacial score (nSPS) is 20.2. The molecule has 0 aliphatic carbocycles. The Kier molecular flexibility index (Phi) is 5.88. The van der Waals surface area contributed by atoms with Gasteiger partial charge in [-0.2, -0.15) is 5.10 Å². The molecular weight excluding hydrogens is 332 g/mol. The molecule has 2 aromatic heterocycles. The first kappa shape index (κ1) is 18.4. The Morgan fingerprint density at radius 3 is 3.00 bits per heavy atom. The van der Waals surface area contributed by atoms with Crippen LogP contribution in [0.2, 0.25) is 0 Å². The number of aromatic nitrogens is 3. The fourth-order valence-corrected chi connectivity index (χ4v) is 2.95. The Morgan fingerprint density at radius 1 is 1.46 bits per heavy atom. The maximum absolute atomic E-state index is 12.8. The third kappa shape index (κ3) is 4.22. The van der Waals surface area contributed by atoms with Gasteiger partial charge in [-0.05, 0) is 31.4 Å². The SMILES string of the molecule is CCn1nc(C(C)C)cc1C(=O)N[C@@H]1CCOC[C@H]1Oc1ccccn1. The summed E-state index contributed by atoms with van der Waals surface area (Å²) in [5.41, 5.74) is 1.50. The molecule has 1 aliphatic rings. The molecule has 2 atom stereocenters. The summed E-state index contributed by atoms with van der Waals surface area (Å²) in [6.07, 6.45) is 2.10. The summed E-state index contributed by atoms with van der Waals surface area (Å²) in [7, 11) is 0. The van der Waals surface area contributed by atoms with Crippen molar-refractivity contribution in [2.45, 2.75) is 51.8 Å². The second-order valence-electron chi connectivity index (χ2n) is 6.69. The average Bonchev–Trinajstić information content (AvgIpc) is 3.09. The highest BCUT2D eigenvalue weighted by Crippen LogP contribution is 2.18. The highest BCUT2D eigenvalue weighted by Gasteiger charge is 2.30. The number of hydrogen-bond acceptors (Lipinski definition) is 5. The fraction of sp³-hybridized carbons (Fsp3) is 0.526. The zero-order valence-corrected chi connectivity index (χ0v) is 15.5. The predicted octanol–water partition coefficient (Wildman–Crippen LogP) is 2.39. The van der Waals surface area contributed by atoms with E-state index >= 15 is 0 Å². The molecule has 0 aromatic carbocycles.